The summed E-state index contributed by atoms with van der Waals surface area (Å²) in [6.45, 7) is 2.24. The second kappa shape index (κ2) is 8.80. The number of rotatable bonds is 5. The summed E-state index contributed by atoms with van der Waals surface area (Å²) in [4.78, 5) is 12.3. The zero-order chi connectivity index (χ0) is 23.3. The van der Waals surface area contributed by atoms with Gasteiger partial charge in [0, 0.05) is 25.0 Å². The second-order valence-electron chi connectivity index (χ2n) is 9.45. The zero-order valence-electron chi connectivity index (χ0n) is 17.9. The number of nitrogens with one attached hydrogen (secondary N) is 1. The Hall–Kier alpha value is -1.32. The molecule has 0 radical (unpaired) electrons. The van der Waals surface area contributed by atoms with Gasteiger partial charge in [0.2, 0.25) is 15.9 Å². The molecule has 0 unspecified atom stereocenters. The van der Waals surface area contributed by atoms with Gasteiger partial charge in [0.05, 0.1) is 15.5 Å². The number of amides is 1. The van der Waals surface area contributed by atoms with Crippen LogP contribution in [-0.2, 0) is 21.0 Å². The van der Waals surface area contributed by atoms with Crippen molar-refractivity contribution in [3.05, 3.63) is 28.8 Å². The Bertz CT molecular complexity index is 977. The van der Waals surface area contributed by atoms with E-state index in [2.05, 4.69) is 12.2 Å². The van der Waals surface area contributed by atoms with Crippen molar-refractivity contribution in [3.8, 4) is 0 Å². The summed E-state index contributed by atoms with van der Waals surface area (Å²) in [5.74, 6) is 1.67. The monoisotopic (exact) mass is 492 g/mol. The van der Waals surface area contributed by atoms with Gasteiger partial charge in [-0.15, -0.1) is 0 Å². The van der Waals surface area contributed by atoms with Gasteiger partial charge in [-0.1, -0.05) is 18.0 Å². The quantitative estimate of drug-likeness (QED) is 0.648. The summed E-state index contributed by atoms with van der Waals surface area (Å²) >= 11 is 5.61. The number of carbonyl (C=O) groups is 1. The van der Waals surface area contributed by atoms with Crippen LogP contribution in [0, 0.1) is 23.7 Å². The van der Waals surface area contributed by atoms with Gasteiger partial charge in [0.25, 0.3) is 0 Å². The fourth-order valence-electron chi connectivity index (χ4n) is 5.75. The Morgan fingerprint density at radius 1 is 1.16 bits per heavy atom. The molecule has 1 aromatic rings. The van der Waals surface area contributed by atoms with E-state index in [1.165, 1.54) is 25.7 Å². The highest BCUT2D eigenvalue weighted by molar-refractivity contribution is 7.89. The highest BCUT2D eigenvalue weighted by Crippen LogP contribution is 2.49. The van der Waals surface area contributed by atoms with E-state index in [0.717, 1.165) is 22.4 Å². The van der Waals surface area contributed by atoms with E-state index in [4.69, 9.17) is 11.6 Å². The number of piperidine rings is 1. The van der Waals surface area contributed by atoms with Crippen LogP contribution in [-0.4, -0.2) is 37.8 Å². The number of fused-ring (bicyclic) bond motifs is 2. The van der Waals surface area contributed by atoms with Gasteiger partial charge in [0.1, 0.15) is 0 Å². The van der Waals surface area contributed by atoms with Crippen molar-refractivity contribution in [2.45, 2.75) is 62.6 Å². The first-order valence-electron chi connectivity index (χ1n) is 11.1. The maximum atomic E-state index is 13.1. The van der Waals surface area contributed by atoms with Crippen LogP contribution >= 0.6 is 11.6 Å². The fraction of sp³-hybridized carbons (Fsp3) is 0.682. The Kier molecular flexibility index (Phi) is 6.55. The minimum atomic E-state index is -4.75. The van der Waals surface area contributed by atoms with Crippen LogP contribution in [0.25, 0.3) is 0 Å². The third-order valence-electron chi connectivity index (χ3n) is 7.51. The fourth-order valence-corrected chi connectivity index (χ4v) is 7.47. The van der Waals surface area contributed by atoms with Crippen molar-refractivity contribution in [3.63, 3.8) is 0 Å². The Balaban J connectivity index is 1.36. The van der Waals surface area contributed by atoms with Crippen LogP contribution in [0.5, 0.6) is 0 Å². The van der Waals surface area contributed by atoms with Gasteiger partial charge < -0.3 is 5.32 Å². The summed E-state index contributed by atoms with van der Waals surface area (Å²) in [5.41, 5.74) is -1.18. The molecular formula is C22H28ClF3N2O3S. The van der Waals surface area contributed by atoms with Crippen LogP contribution in [0.1, 0.15) is 51.0 Å². The van der Waals surface area contributed by atoms with Gasteiger partial charge in [-0.25, -0.2) is 8.42 Å². The molecule has 3 aliphatic rings. The summed E-state index contributed by atoms with van der Waals surface area (Å²) in [7, 11) is -4.11. The highest BCUT2D eigenvalue weighted by Gasteiger charge is 2.43. The lowest BCUT2D eigenvalue weighted by Crippen LogP contribution is -2.47. The molecule has 2 saturated carbocycles. The molecule has 1 amide bonds. The first-order chi connectivity index (χ1) is 15.0. The first kappa shape index (κ1) is 23.8. The van der Waals surface area contributed by atoms with Gasteiger partial charge in [-0.05, 0) is 75.0 Å². The van der Waals surface area contributed by atoms with Crippen molar-refractivity contribution in [1.82, 2.24) is 9.62 Å². The lowest BCUT2D eigenvalue weighted by Gasteiger charge is -2.33. The molecule has 2 aliphatic carbocycles. The molecule has 2 bridgehead atoms. The maximum Gasteiger partial charge on any atom is 0.417 e. The first-order valence-corrected chi connectivity index (χ1v) is 13.0. The van der Waals surface area contributed by atoms with Crippen LogP contribution in [0.2, 0.25) is 5.02 Å². The predicted molar refractivity (Wildman–Crippen MR) is 114 cm³/mol. The minimum absolute atomic E-state index is 0.0526. The largest absolute Gasteiger partial charge is 0.417 e. The number of hydrogen-bond donors (Lipinski definition) is 1. The summed E-state index contributed by atoms with van der Waals surface area (Å²) in [5, 5.41) is 2.60. The van der Waals surface area contributed by atoms with Gasteiger partial charge in [0.15, 0.2) is 0 Å². The highest BCUT2D eigenvalue weighted by atomic mass is 35.5. The molecule has 0 aromatic heterocycles. The molecule has 1 saturated heterocycles. The maximum absolute atomic E-state index is 13.1. The molecule has 4 rings (SSSR count). The number of sulfonamides is 1. The third-order valence-corrected chi connectivity index (χ3v) is 9.73. The van der Waals surface area contributed by atoms with Gasteiger partial charge in [-0.3, -0.25) is 4.79 Å². The van der Waals surface area contributed by atoms with Crippen LogP contribution in [0.15, 0.2) is 23.1 Å². The van der Waals surface area contributed by atoms with E-state index >= 15 is 0 Å². The molecule has 1 N–H and O–H groups in total. The summed E-state index contributed by atoms with van der Waals surface area (Å²) in [6, 6.07) is 2.72. The molecule has 178 valence electrons. The summed E-state index contributed by atoms with van der Waals surface area (Å²) < 4.78 is 66.3. The van der Waals surface area contributed by atoms with Crippen molar-refractivity contribution in [2.75, 3.05) is 13.1 Å². The lowest BCUT2D eigenvalue weighted by atomic mass is 9.83. The summed E-state index contributed by atoms with van der Waals surface area (Å²) in [6.07, 6.45) is 0.913. The third kappa shape index (κ3) is 4.66. The lowest BCUT2D eigenvalue weighted by molar-refractivity contribution is -0.137. The number of carbonyl (C=O) groups excluding carboxylic acids is 1. The Labute approximate surface area is 191 Å². The van der Waals surface area contributed by atoms with E-state index in [9.17, 15) is 26.4 Å². The average Bonchev–Trinajstić information content (AvgIpc) is 3.37. The van der Waals surface area contributed by atoms with E-state index in [-0.39, 0.29) is 31.0 Å². The van der Waals surface area contributed by atoms with E-state index in [0.29, 0.717) is 30.7 Å². The second-order valence-corrected chi connectivity index (χ2v) is 11.8. The number of alkyl halides is 3. The van der Waals surface area contributed by atoms with Crippen LogP contribution in [0.3, 0.4) is 0 Å². The van der Waals surface area contributed by atoms with Crippen molar-refractivity contribution in [2.24, 2.45) is 23.7 Å². The van der Waals surface area contributed by atoms with Crippen molar-refractivity contribution >= 4 is 27.5 Å². The molecule has 4 atom stereocenters. The SMILES string of the molecule is C[C@H](NC(=O)C1CCN(S(=O)(=O)c2ccc(Cl)c(C(F)(F)F)c2)CC1)[C@H]1C[C@H]2CC[C@H]1C2. The van der Waals surface area contributed by atoms with E-state index < -0.39 is 31.7 Å². The number of nitrogens with zero attached hydrogens (tertiary/aromatic N) is 1. The van der Waals surface area contributed by atoms with Crippen LogP contribution in [0.4, 0.5) is 13.2 Å². The Morgan fingerprint density at radius 2 is 1.84 bits per heavy atom. The molecule has 10 heteroatoms. The smallest absolute Gasteiger partial charge is 0.353 e. The molecule has 1 aromatic carbocycles. The normalized spacial score (nSPS) is 28.1. The van der Waals surface area contributed by atoms with Crippen molar-refractivity contribution < 1.29 is 26.4 Å². The predicted octanol–water partition coefficient (Wildman–Crippen LogP) is 4.70. The molecule has 1 aliphatic heterocycles. The number of hydrogen-bond acceptors (Lipinski definition) is 3. The number of benzene rings is 1. The zero-order valence-corrected chi connectivity index (χ0v) is 19.4. The van der Waals surface area contributed by atoms with E-state index in [1.807, 2.05) is 0 Å². The molecule has 1 heterocycles. The molecular weight excluding hydrogens is 465 g/mol. The minimum Gasteiger partial charge on any atom is -0.353 e. The van der Waals surface area contributed by atoms with Crippen LogP contribution < -0.4 is 5.32 Å². The molecule has 5 nitrogen and oxygen atoms in total. The average molecular weight is 493 g/mol. The van der Waals surface area contributed by atoms with Crippen molar-refractivity contribution in [1.29, 1.82) is 0 Å². The standard InChI is InChI=1S/C22H28ClF3N2O3S/c1-13(18-11-14-2-3-16(18)10-14)27-21(29)15-6-8-28(9-7-15)32(30,31)17-4-5-20(23)19(12-17)22(24,25)26/h4-5,12-16,18H,2-3,6-11H2,1H3,(H,27,29)/t13-,14-,16-,18+/m0/s1. The van der Waals surface area contributed by atoms with E-state index in [1.54, 1.807) is 0 Å². The topological polar surface area (TPSA) is 66.5 Å². The van der Waals surface area contributed by atoms with Gasteiger partial charge in [-0.2, -0.15) is 17.5 Å². The molecule has 32 heavy (non-hydrogen) atoms. The molecule has 3 fully saturated rings. The number of halogens is 4. The van der Waals surface area contributed by atoms with Gasteiger partial charge >= 0.3 is 6.18 Å². The molecule has 0 spiro atoms. The Morgan fingerprint density at radius 3 is 2.41 bits per heavy atom.